The Morgan fingerprint density at radius 3 is 2.88 bits per heavy atom. The number of carbonyl (C=O) groups is 1. The Hall–Kier alpha value is -2.14. The van der Waals surface area contributed by atoms with Gasteiger partial charge in [0, 0.05) is 4.90 Å². The number of rotatable bonds is 4. The number of thioether (sulfide) groups is 1. The van der Waals surface area contributed by atoms with Gasteiger partial charge < -0.3 is 14.8 Å². The molecule has 0 spiro atoms. The molecule has 4 rings (SSSR count). The Morgan fingerprint density at radius 1 is 1.12 bits per heavy atom. The first-order chi connectivity index (χ1) is 12.3. The normalized spacial score (nSPS) is 18.3. The average molecular weight is 355 g/mol. The van der Waals surface area contributed by atoms with Gasteiger partial charge in [0.15, 0.2) is 11.5 Å². The minimum atomic E-state index is 0.0709. The number of hydrogen-bond acceptors (Lipinski definition) is 4. The molecule has 0 radical (unpaired) electrons. The van der Waals surface area contributed by atoms with Crippen LogP contribution in [0.4, 0.5) is 0 Å². The molecule has 1 amide bonds. The molecule has 0 saturated heterocycles. The first kappa shape index (κ1) is 16.3. The molecule has 1 aliphatic heterocycles. The maximum Gasteiger partial charge on any atom is 0.230 e. The summed E-state index contributed by atoms with van der Waals surface area (Å²) in [6.07, 6.45) is 3.24. The van der Waals surface area contributed by atoms with Crippen LogP contribution in [-0.4, -0.2) is 24.9 Å². The Bertz CT molecular complexity index is 777. The predicted molar refractivity (Wildman–Crippen MR) is 98.4 cm³/mol. The zero-order valence-electron chi connectivity index (χ0n) is 14.0. The number of fused-ring (bicyclic) bond motifs is 2. The molecule has 130 valence electrons. The van der Waals surface area contributed by atoms with Crippen molar-refractivity contribution >= 4 is 17.7 Å². The molecule has 0 bridgehead atoms. The van der Waals surface area contributed by atoms with Gasteiger partial charge in [-0.2, -0.15) is 0 Å². The van der Waals surface area contributed by atoms with Crippen LogP contribution in [-0.2, 0) is 11.2 Å². The van der Waals surface area contributed by atoms with Gasteiger partial charge in [-0.05, 0) is 48.6 Å². The van der Waals surface area contributed by atoms with Gasteiger partial charge in [-0.3, -0.25) is 4.79 Å². The molecule has 1 heterocycles. The van der Waals surface area contributed by atoms with Crippen molar-refractivity contribution in [1.29, 1.82) is 0 Å². The largest absolute Gasteiger partial charge is 0.486 e. The monoisotopic (exact) mass is 355 g/mol. The van der Waals surface area contributed by atoms with E-state index in [4.69, 9.17) is 9.47 Å². The summed E-state index contributed by atoms with van der Waals surface area (Å²) >= 11 is 1.52. The van der Waals surface area contributed by atoms with Crippen LogP contribution in [0.2, 0.25) is 0 Å². The zero-order chi connectivity index (χ0) is 17.1. The van der Waals surface area contributed by atoms with Gasteiger partial charge in [-0.15, -0.1) is 11.8 Å². The molecule has 2 aliphatic rings. The summed E-state index contributed by atoms with van der Waals surface area (Å²) in [5.74, 6) is 2.01. The Kier molecular flexibility index (Phi) is 4.83. The van der Waals surface area contributed by atoms with Crippen LogP contribution in [0.3, 0.4) is 0 Å². The third-order valence-electron chi connectivity index (χ3n) is 4.59. The van der Waals surface area contributed by atoms with E-state index in [1.807, 2.05) is 24.3 Å². The molecule has 1 atom stereocenters. The van der Waals surface area contributed by atoms with Gasteiger partial charge in [-0.1, -0.05) is 24.3 Å². The van der Waals surface area contributed by atoms with Crippen molar-refractivity contribution in [2.75, 3.05) is 19.0 Å². The van der Waals surface area contributed by atoms with Crippen LogP contribution in [0.25, 0.3) is 0 Å². The summed E-state index contributed by atoms with van der Waals surface area (Å²) in [7, 11) is 0. The molecule has 1 aliphatic carbocycles. The van der Waals surface area contributed by atoms with Crippen molar-refractivity contribution in [1.82, 2.24) is 5.32 Å². The van der Waals surface area contributed by atoms with Crippen LogP contribution in [0.1, 0.15) is 30.0 Å². The van der Waals surface area contributed by atoms with E-state index in [-0.39, 0.29) is 11.9 Å². The molecular weight excluding hydrogens is 334 g/mol. The average Bonchev–Trinajstić information content (AvgIpc) is 2.66. The number of aryl methyl sites for hydroxylation is 1. The third-order valence-corrected chi connectivity index (χ3v) is 5.58. The lowest BCUT2D eigenvalue weighted by Crippen LogP contribution is -2.32. The Labute approximate surface area is 151 Å². The number of hydrogen-bond donors (Lipinski definition) is 1. The summed E-state index contributed by atoms with van der Waals surface area (Å²) in [5.41, 5.74) is 2.63. The molecule has 0 aromatic heterocycles. The third kappa shape index (κ3) is 3.76. The van der Waals surface area contributed by atoms with Crippen molar-refractivity contribution in [2.24, 2.45) is 0 Å². The highest BCUT2D eigenvalue weighted by Crippen LogP contribution is 2.34. The highest BCUT2D eigenvalue weighted by Gasteiger charge is 2.21. The van der Waals surface area contributed by atoms with E-state index in [0.717, 1.165) is 35.7 Å². The lowest BCUT2D eigenvalue weighted by Gasteiger charge is -2.26. The van der Waals surface area contributed by atoms with E-state index < -0.39 is 0 Å². The Morgan fingerprint density at radius 2 is 1.96 bits per heavy atom. The molecule has 4 nitrogen and oxygen atoms in total. The molecule has 1 N–H and O–H groups in total. The second-order valence-electron chi connectivity index (χ2n) is 6.31. The maximum atomic E-state index is 12.4. The maximum absolute atomic E-state index is 12.4. The van der Waals surface area contributed by atoms with E-state index in [2.05, 4.69) is 23.5 Å². The second-order valence-corrected chi connectivity index (χ2v) is 7.35. The molecular formula is C20H21NO3S. The molecule has 0 unspecified atom stereocenters. The van der Waals surface area contributed by atoms with Crippen molar-refractivity contribution in [2.45, 2.75) is 30.2 Å². The van der Waals surface area contributed by atoms with Crippen molar-refractivity contribution in [3.8, 4) is 11.5 Å². The predicted octanol–water partition coefficient (Wildman–Crippen LogP) is 3.74. The van der Waals surface area contributed by atoms with E-state index in [0.29, 0.717) is 19.0 Å². The van der Waals surface area contributed by atoms with Crippen LogP contribution in [0.5, 0.6) is 11.5 Å². The van der Waals surface area contributed by atoms with E-state index in [9.17, 15) is 4.79 Å². The highest BCUT2D eigenvalue weighted by molar-refractivity contribution is 8.00. The van der Waals surface area contributed by atoms with E-state index in [1.54, 1.807) is 0 Å². The summed E-state index contributed by atoms with van der Waals surface area (Å²) in [6, 6.07) is 14.4. The minimum absolute atomic E-state index is 0.0709. The van der Waals surface area contributed by atoms with Gasteiger partial charge >= 0.3 is 0 Å². The molecule has 2 aromatic rings. The van der Waals surface area contributed by atoms with Gasteiger partial charge in [0.25, 0.3) is 0 Å². The van der Waals surface area contributed by atoms with Crippen molar-refractivity contribution < 1.29 is 14.3 Å². The van der Waals surface area contributed by atoms with Gasteiger partial charge in [0.05, 0.1) is 11.8 Å². The number of amides is 1. The summed E-state index contributed by atoms with van der Waals surface area (Å²) in [5, 5.41) is 3.19. The smallest absolute Gasteiger partial charge is 0.230 e. The SMILES string of the molecule is O=C(CSc1ccc2c(c1)OCCO2)N[C@@H]1CCCc2ccccc21. The molecule has 0 saturated carbocycles. The lowest BCUT2D eigenvalue weighted by molar-refractivity contribution is -0.119. The fraction of sp³-hybridized carbons (Fsp3) is 0.350. The first-order valence-electron chi connectivity index (χ1n) is 8.69. The Balaban J connectivity index is 1.36. The second kappa shape index (κ2) is 7.40. The quantitative estimate of drug-likeness (QED) is 0.849. The molecule has 25 heavy (non-hydrogen) atoms. The number of nitrogens with one attached hydrogen (secondary N) is 1. The highest BCUT2D eigenvalue weighted by atomic mass is 32.2. The van der Waals surface area contributed by atoms with E-state index >= 15 is 0 Å². The van der Waals surface area contributed by atoms with Crippen LogP contribution in [0, 0.1) is 0 Å². The standard InChI is InChI=1S/C20H21NO3S/c22-20(21-17-7-3-5-14-4-1-2-6-16(14)17)13-25-15-8-9-18-19(12-15)24-11-10-23-18/h1-2,4,6,8-9,12,17H,3,5,7,10-11,13H2,(H,21,22)/t17-/m1/s1. The van der Waals surface area contributed by atoms with Crippen LogP contribution in [0.15, 0.2) is 47.4 Å². The number of carbonyl (C=O) groups excluding carboxylic acids is 1. The van der Waals surface area contributed by atoms with Gasteiger partial charge in [-0.25, -0.2) is 0 Å². The zero-order valence-corrected chi connectivity index (χ0v) is 14.8. The molecule has 0 fully saturated rings. The van der Waals surface area contributed by atoms with Crippen LogP contribution >= 0.6 is 11.8 Å². The summed E-state index contributed by atoms with van der Waals surface area (Å²) in [4.78, 5) is 13.4. The fourth-order valence-corrected chi connectivity index (χ4v) is 4.14. The first-order valence-corrected chi connectivity index (χ1v) is 9.68. The topological polar surface area (TPSA) is 47.6 Å². The lowest BCUT2D eigenvalue weighted by atomic mass is 9.88. The molecule has 5 heteroatoms. The molecule has 2 aromatic carbocycles. The minimum Gasteiger partial charge on any atom is -0.486 e. The van der Waals surface area contributed by atoms with Gasteiger partial charge in [0.1, 0.15) is 13.2 Å². The number of benzene rings is 2. The van der Waals surface area contributed by atoms with Gasteiger partial charge in [0.2, 0.25) is 5.91 Å². The van der Waals surface area contributed by atoms with Crippen molar-refractivity contribution in [3.05, 3.63) is 53.6 Å². The summed E-state index contributed by atoms with van der Waals surface area (Å²) in [6.45, 7) is 1.16. The van der Waals surface area contributed by atoms with Crippen molar-refractivity contribution in [3.63, 3.8) is 0 Å². The van der Waals surface area contributed by atoms with Crippen LogP contribution < -0.4 is 14.8 Å². The fourth-order valence-electron chi connectivity index (χ4n) is 3.40. The summed E-state index contributed by atoms with van der Waals surface area (Å²) < 4.78 is 11.1. The number of ether oxygens (including phenoxy) is 2. The van der Waals surface area contributed by atoms with E-state index in [1.165, 1.54) is 22.9 Å².